The van der Waals surface area contributed by atoms with E-state index in [0.717, 1.165) is 49.4 Å². The van der Waals surface area contributed by atoms with E-state index >= 15 is 0 Å². The number of rotatable bonds is 3. The van der Waals surface area contributed by atoms with Gasteiger partial charge in [0, 0.05) is 25.6 Å². The zero-order valence-corrected chi connectivity index (χ0v) is 27.5. The molecule has 0 bridgehead atoms. The van der Waals surface area contributed by atoms with Gasteiger partial charge in [0.15, 0.2) is 0 Å². The summed E-state index contributed by atoms with van der Waals surface area (Å²) < 4.78 is 9.18. The highest BCUT2D eigenvalue weighted by molar-refractivity contribution is 7.26. The predicted molar refractivity (Wildman–Crippen MR) is 211 cm³/mol. The Balaban J connectivity index is 0.980. The molecule has 3 aromatic heterocycles. The fourth-order valence-electron chi connectivity index (χ4n) is 7.69. The Morgan fingerprint density at radius 2 is 1.04 bits per heavy atom. The molecule has 0 radical (unpaired) electrons. The molecule has 0 aliphatic heterocycles. The normalized spacial score (nSPS) is 12.0. The van der Waals surface area contributed by atoms with Gasteiger partial charge in [-0.2, -0.15) is 0 Å². The van der Waals surface area contributed by atoms with Crippen LogP contribution in [-0.4, -0.2) is 9.97 Å². The molecule has 0 fully saturated rings. The third kappa shape index (κ3) is 4.09. The molecule has 0 spiro atoms. The van der Waals surface area contributed by atoms with Crippen LogP contribution in [0.1, 0.15) is 0 Å². The number of furan rings is 1. The van der Waals surface area contributed by atoms with E-state index in [4.69, 9.17) is 14.4 Å². The lowest BCUT2D eigenvalue weighted by Crippen LogP contribution is -1.87. The molecule has 3 heterocycles. The summed E-state index contributed by atoms with van der Waals surface area (Å²) in [6, 6.07) is 56.3. The fourth-order valence-corrected chi connectivity index (χ4v) is 8.93. The summed E-state index contributed by atoms with van der Waals surface area (Å²) in [6.07, 6.45) is 0. The first-order valence-corrected chi connectivity index (χ1v) is 17.6. The van der Waals surface area contributed by atoms with E-state index in [1.54, 1.807) is 0 Å². The molecule has 8 aromatic carbocycles. The smallest absolute Gasteiger partial charge is 0.246 e. The van der Waals surface area contributed by atoms with Crippen molar-refractivity contribution in [3.05, 3.63) is 158 Å². The van der Waals surface area contributed by atoms with Crippen LogP contribution in [0.15, 0.2) is 162 Å². The van der Waals surface area contributed by atoms with Gasteiger partial charge < -0.3 is 4.42 Å². The molecular formula is C46H26N2OS. The summed E-state index contributed by atoms with van der Waals surface area (Å²) in [5.74, 6) is 0. The van der Waals surface area contributed by atoms with Crippen molar-refractivity contribution < 1.29 is 4.42 Å². The second-order valence-electron chi connectivity index (χ2n) is 12.9. The van der Waals surface area contributed by atoms with Crippen LogP contribution in [0.5, 0.6) is 0 Å². The lowest BCUT2D eigenvalue weighted by atomic mass is 9.96. The first-order valence-electron chi connectivity index (χ1n) is 16.8. The van der Waals surface area contributed by atoms with Crippen LogP contribution in [0.2, 0.25) is 0 Å². The number of aromatic nitrogens is 2. The van der Waals surface area contributed by atoms with E-state index in [2.05, 4.69) is 158 Å². The topological polar surface area (TPSA) is 38.9 Å². The highest BCUT2D eigenvalue weighted by atomic mass is 32.1. The van der Waals surface area contributed by atoms with Gasteiger partial charge in [-0.25, -0.2) is 9.97 Å². The standard InChI is InChI=1S/C46H26N2OS/c1-3-14-36-33(11-1)34-12-2-4-15-37(34)44-42(36)43-46(49-44)48-40-26-31(23-24-39(40)47-43)30-10-7-9-29(25-30)27-19-21-28(22-20-27)32-16-8-17-38-35-13-5-6-18-41(35)50-45(32)38/h1-26H. The number of hydrogen-bond acceptors (Lipinski definition) is 4. The molecule has 0 unspecified atom stereocenters. The highest BCUT2D eigenvalue weighted by Crippen LogP contribution is 2.42. The van der Waals surface area contributed by atoms with Crippen LogP contribution in [0.4, 0.5) is 0 Å². The Hall–Kier alpha value is -6.36. The van der Waals surface area contributed by atoms with Gasteiger partial charge in [0.25, 0.3) is 0 Å². The van der Waals surface area contributed by atoms with Crippen molar-refractivity contribution in [1.82, 2.24) is 9.97 Å². The maximum absolute atomic E-state index is 6.51. The molecule has 11 rings (SSSR count). The minimum absolute atomic E-state index is 0.561. The first kappa shape index (κ1) is 27.6. The Morgan fingerprint density at radius 3 is 1.88 bits per heavy atom. The van der Waals surface area contributed by atoms with E-state index in [9.17, 15) is 0 Å². The summed E-state index contributed by atoms with van der Waals surface area (Å²) in [6.45, 7) is 0. The number of hydrogen-bond donors (Lipinski definition) is 0. The second-order valence-corrected chi connectivity index (χ2v) is 14.0. The molecule has 0 saturated carbocycles. The quantitative estimate of drug-likeness (QED) is 0.178. The number of benzene rings is 8. The van der Waals surface area contributed by atoms with E-state index in [0.29, 0.717) is 5.71 Å². The molecular weight excluding hydrogens is 629 g/mol. The summed E-state index contributed by atoms with van der Waals surface area (Å²) in [7, 11) is 0. The van der Waals surface area contributed by atoms with Gasteiger partial charge in [-0.15, -0.1) is 11.3 Å². The molecule has 50 heavy (non-hydrogen) atoms. The first-order chi connectivity index (χ1) is 24.8. The largest absolute Gasteiger partial charge is 0.436 e. The zero-order valence-electron chi connectivity index (χ0n) is 26.7. The summed E-state index contributed by atoms with van der Waals surface area (Å²) >= 11 is 1.87. The van der Waals surface area contributed by atoms with Gasteiger partial charge in [-0.3, -0.25) is 0 Å². The summed E-state index contributed by atoms with van der Waals surface area (Å²) in [5.41, 5.74) is 10.9. The Morgan fingerprint density at radius 1 is 0.420 bits per heavy atom. The molecule has 11 aromatic rings. The number of nitrogens with zero attached hydrogens (tertiary/aromatic N) is 2. The molecule has 0 aliphatic rings. The number of thiophene rings is 1. The summed E-state index contributed by atoms with van der Waals surface area (Å²) in [4.78, 5) is 10.2. The molecule has 0 N–H and O–H groups in total. The van der Waals surface area contributed by atoms with E-state index in [-0.39, 0.29) is 0 Å². The fraction of sp³-hybridized carbons (Fsp3) is 0. The molecule has 0 aliphatic carbocycles. The van der Waals surface area contributed by atoms with Crippen molar-refractivity contribution in [2.45, 2.75) is 0 Å². The predicted octanol–water partition coefficient (Wildman–Crippen LogP) is 13.2. The summed E-state index contributed by atoms with van der Waals surface area (Å²) in [5, 5.41) is 8.24. The third-order valence-corrected chi connectivity index (χ3v) is 11.3. The van der Waals surface area contributed by atoms with Crippen LogP contribution >= 0.6 is 11.3 Å². The van der Waals surface area contributed by atoms with E-state index < -0.39 is 0 Å². The van der Waals surface area contributed by atoms with Gasteiger partial charge in [-0.05, 0) is 73.8 Å². The third-order valence-electron chi connectivity index (χ3n) is 10.1. The van der Waals surface area contributed by atoms with Gasteiger partial charge in [0.1, 0.15) is 11.1 Å². The minimum Gasteiger partial charge on any atom is -0.436 e. The Kier molecular flexibility index (Phi) is 5.83. The van der Waals surface area contributed by atoms with E-state index in [1.165, 1.54) is 53.2 Å². The number of fused-ring (bicyclic) bond motifs is 12. The lowest BCUT2D eigenvalue weighted by molar-refractivity contribution is 0.659. The maximum atomic E-state index is 6.51. The van der Waals surface area contributed by atoms with Crippen LogP contribution in [0.3, 0.4) is 0 Å². The molecule has 232 valence electrons. The van der Waals surface area contributed by atoms with Crippen molar-refractivity contribution in [3.63, 3.8) is 0 Å². The van der Waals surface area contributed by atoms with Gasteiger partial charge in [0.05, 0.1) is 16.4 Å². The van der Waals surface area contributed by atoms with Crippen molar-refractivity contribution in [1.29, 1.82) is 0 Å². The molecule has 4 heteroatoms. The second kappa shape index (κ2) is 10.6. The lowest BCUT2D eigenvalue weighted by Gasteiger charge is -2.09. The van der Waals surface area contributed by atoms with Crippen molar-refractivity contribution >= 4 is 86.3 Å². The van der Waals surface area contributed by atoms with Crippen LogP contribution < -0.4 is 0 Å². The van der Waals surface area contributed by atoms with Crippen LogP contribution in [-0.2, 0) is 0 Å². The average molecular weight is 655 g/mol. The van der Waals surface area contributed by atoms with E-state index in [1.807, 2.05) is 11.3 Å². The molecule has 0 saturated heterocycles. The molecule has 3 nitrogen and oxygen atoms in total. The SMILES string of the molecule is c1cc(-c2ccc(-c3cccc4c3sc3ccccc34)cc2)cc(-c2ccc3nc4c(nc3c2)oc2c3ccccc3c3ccccc3c42)c1. The molecule has 0 atom stereocenters. The van der Waals surface area contributed by atoms with Crippen molar-refractivity contribution in [3.8, 4) is 33.4 Å². The minimum atomic E-state index is 0.561. The van der Waals surface area contributed by atoms with Crippen molar-refractivity contribution in [2.24, 2.45) is 0 Å². The molecule has 0 amide bonds. The maximum Gasteiger partial charge on any atom is 0.246 e. The average Bonchev–Trinajstić information content (AvgIpc) is 3.76. The van der Waals surface area contributed by atoms with Gasteiger partial charge in [0.2, 0.25) is 5.71 Å². The van der Waals surface area contributed by atoms with Crippen LogP contribution in [0.25, 0.3) is 108 Å². The van der Waals surface area contributed by atoms with Crippen molar-refractivity contribution in [2.75, 3.05) is 0 Å². The van der Waals surface area contributed by atoms with Gasteiger partial charge >= 0.3 is 0 Å². The highest BCUT2D eigenvalue weighted by Gasteiger charge is 2.18. The Bertz CT molecular complexity index is 3150. The Labute approximate surface area is 290 Å². The monoisotopic (exact) mass is 654 g/mol. The van der Waals surface area contributed by atoms with Gasteiger partial charge in [-0.1, -0.05) is 133 Å². The van der Waals surface area contributed by atoms with Crippen LogP contribution in [0, 0.1) is 0 Å². The zero-order chi connectivity index (χ0) is 32.8.